The Morgan fingerprint density at radius 3 is 2.62 bits per heavy atom. The van der Waals surface area contributed by atoms with Gasteiger partial charge in [-0.05, 0) is 37.3 Å². The van der Waals surface area contributed by atoms with Gasteiger partial charge in [-0.1, -0.05) is 18.2 Å². The molecule has 0 saturated heterocycles. The molecule has 2 rings (SSSR count). The molecule has 7 nitrogen and oxygen atoms in total. The zero-order valence-corrected chi connectivity index (χ0v) is 14.2. The van der Waals surface area contributed by atoms with Crippen LogP contribution in [-0.4, -0.2) is 22.6 Å². The first-order valence-electron chi connectivity index (χ1n) is 7.19. The lowest BCUT2D eigenvalue weighted by Crippen LogP contribution is -2.34. The molecule has 0 heterocycles. The molecule has 0 radical (unpaired) electrons. The van der Waals surface area contributed by atoms with Crippen LogP contribution in [0, 0.1) is 17.0 Å². The molecule has 0 atom stereocenters. The number of carbonyl (C=O) groups is 1. The molecule has 26 heavy (non-hydrogen) atoms. The number of hydrogen-bond donors (Lipinski definition) is 2. The van der Waals surface area contributed by atoms with Gasteiger partial charge in [-0.3, -0.25) is 20.2 Å². The van der Waals surface area contributed by atoms with Crippen molar-refractivity contribution in [3.63, 3.8) is 0 Å². The molecule has 0 bridgehead atoms. The summed E-state index contributed by atoms with van der Waals surface area (Å²) in [6, 6.07) is 9.78. The van der Waals surface area contributed by atoms with E-state index in [1.807, 2.05) is 0 Å². The van der Waals surface area contributed by atoms with Gasteiger partial charge in [0.1, 0.15) is 5.75 Å². The summed E-state index contributed by atoms with van der Waals surface area (Å²) in [6.07, 6.45) is 0. The van der Waals surface area contributed by atoms with Crippen LogP contribution in [0.15, 0.2) is 42.5 Å². The molecule has 0 aliphatic carbocycles. The zero-order chi connectivity index (χ0) is 19.3. The number of anilines is 1. The number of nitrogens with one attached hydrogen (secondary N) is 2. The Balaban J connectivity index is 2.10. The third kappa shape index (κ3) is 4.93. The quantitative estimate of drug-likeness (QED) is 0.467. The number of amides is 1. The molecule has 10 heteroatoms. The minimum absolute atomic E-state index is 0.0311. The number of thiocarbonyl (C=S) groups is 1. The van der Waals surface area contributed by atoms with Crippen molar-refractivity contribution in [1.82, 2.24) is 5.32 Å². The number of para-hydroxylation sites is 2. The number of nitrogens with zero attached hydrogens (tertiary/aromatic N) is 1. The first kappa shape index (κ1) is 19.2. The second kappa shape index (κ2) is 8.30. The molecular weight excluding hydrogens is 368 g/mol. The van der Waals surface area contributed by atoms with E-state index in [2.05, 4.69) is 15.4 Å². The van der Waals surface area contributed by atoms with E-state index < -0.39 is 17.4 Å². The third-order valence-corrected chi connectivity index (χ3v) is 3.45. The first-order valence-corrected chi connectivity index (χ1v) is 7.60. The summed E-state index contributed by atoms with van der Waals surface area (Å²) in [5.41, 5.74) is 0.370. The zero-order valence-electron chi connectivity index (χ0n) is 13.4. The van der Waals surface area contributed by atoms with E-state index in [0.717, 1.165) is 6.07 Å². The molecule has 0 aliphatic heterocycles. The predicted molar refractivity (Wildman–Crippen MR) is 94.6 cm³/mol. The van der Waals surface area contributed by atoms with Crippen molar-refractivity contribution < 1.29 is 23.2 Å². The Bertz CT molecular complexity index is 861. The molecule has 2 aromatic carbocycles. The van der Waals surface area contributed by atoms with Gasteiger partial charge in [-0.25, -0.2) is 0 Å². The Morgan fingerprint density at radius 2 is 1.96 bits per heavy atom. The third-order valence-electron chi connectivity index (χ3n) is 3.25. The number of ether oxygens (including phenoxy) is 1. The Hall–Kier alpha value is -3.14. The lowest BCUT2D eigenvalue weighted by atomic mass is 10.1. The topological polar surface area (TPSA) is 93.5 Å². The van der Waals surface area contributed by atoms with Gasteiger partial charge in [-0.2, -0.15) is 8.78 Å². The molecule has 0 fully saturated rings. The molecule has 0 aromatic heterocycles. The Kier molecular flexibility index (Phi) is 6.12. The van der Waals surface area contributed by atoms with Crippen molar-refractivity contribution in [3.05, 3.63) is 63.7 Å². The van der Waals surface area contributed by atoms with Crippen LogP contribution in [0.4, 0.5) is 20.2 Å². The standard InChI is InChI=1S/C16H13F2N3O4S/c1-9-6-7-10(8-12(9)21(23)24)14(22)20-16(26)19-11-4-2-3-5-13(11)25-15(17)18/h2-8,15H,1H3,(H2,19,20,22,26). The summed E-state index contributed by atoms with van der Waals surface area (Å²) >= 11 is 4.98. The fourth-order valence-electron chi connectivity index (χ4n) is 2.04. The van der Waals surface area contributed by atoms with Crippen molar-refractivity contribution in [2.45, 2.75) is 13.5 Å². The maximum absolute atomic E-state index is 12.4. The second-order valence-electron chi connectivity index (χ2n) is 5.04. The van der Waals surface area contributed by atoms with Crippen molar-refractivity contribution in [3.8, 4) is 5.75 Å². The van der Waals surface area contributed by atoms with Crippen molar-refractivity contribution in [2.24, 2.45) is 0 Å². The fourth-order valence-corrected chi connectivity index (χ4v) is 2.25. The molecule has 136 valence electrons. The maximum Gasteiger partial charge on any atom is 0.387 e. The van der Waals surface area contributed by atoms with E-state index in [1.54, 1.807) is 13.0 Å². The van der Waals surface area contributed by atoms with Gasteiger partial charge in [0.05, 0.1) is 10.6 Å². The highest BCUT2D eigenvalue weighted by Crippen LogP contribution is 2.25. The lowest BCUT2D eigenvalue weighted by molar-refractivity contribution is -0.385. The number of nitro groups is 1. The number of rotatable bonds is 5. The van der Waals surface area contributed by atoms with Gasteiger partial charge >= 0.3 is 6.61 Å². The number of carbonyl (C=O) groups excluding carboxylic acids is 1. The van der Waals surface area contributed by atoms with Gasteiger partial charge < -0.3 is 10.1 Å². The number of hydrogen-bond acceptors (Lipinski definition) is 5. The number of benzene rings is 2. The highest BCUT2D eigenvalue weighted by atomic mass is 32.1. The van der Waals surface area contributed by atoms with Crippen LogP contribution < -0.4 is 15.4 Å². The molecule has 0 aliphatic rings. The van der Waals surface area contributed by atoms with Crippen molar-refractivity contribution in [1.29, 1.82) is 0 Å². The monoisotopic (exact) mass is 381 g/mol. The maximum atomic E-state index is 12.4. The summed E-state index contributed by atoms with van der Waals surface area (Å²) in [5, 5.41) is 15.7. The summed E-state index contributed by atoms with van der Waals surface area (Å²) in [4.78, 5) is 22.5. The second-order valence-corrected chi connectivity index (χ2v) is 5.45. The van der Waals surface area contributed by atoms with Crippen LogP contribution in [0.25, 0.3) is 0 Å². The average molecular weight is 381 g/mol. The van der Waals surface area contributed by atoms with Gasteiger partial charge in [0.25, 0.3) is 11.6 Å². The minimum atomic E-state index is -3.02. The molecule has 0 unspecified atom stereocenters. The number of alkyl halides is 2. The molecular formula is C16H13F2N3O4S. The van der Waals surface area contributed by atoms with Gasteiger partial charge in [0.2, 0.25) is 0 Å². The van der Waals surface area contributed by atoms with E-state index in [1.165, 1.54) is 30.3 Å². The van der Waals surface area contributed by atoms with Gasteiger partial charge in [0, 0.05) is 17.2 Å². The fraction of sp³-hybridized carbons (Fsp3) is 0.125. The highest BCUT2D eigenvalue weighted by Gasteiger charge is 2.16. The van der Waals surface area contributed by atoms with Crippen molar-refractivity contribution in [2.75, 3.05) is 5.32 Å². The summed E-state index contributed by atoms with van der Waals surface area (Å²) < 4.78 is 29.1. The summed E-state index contributed by atoms with van der Waals surface area (Å²) in [7, 11) is 0. The Morgan fingerprint density at radius 1 is 1.27 bits per heavy atom. The number of halogens is 2. The molecule has 2 N–H and O–H groups in total. The largest absolute Gasteiger partial charge is 0.433 e. The predicted octanol–water partition coefficient (Wildman–Crippen LogP) is 3.63. The highest BCUT2D eigenvalue weighted by molar-refractivity contribution is 7.80. The normalized spacial score (nSPS) is 10.3. The van der Waals surface area contributed by atoms with Crippen molar-refractivity contribution >= 4 is 34.6 Å². The van der Waals surface area contributed by atoms with E-state index in [4.69, 9.17) is 12.2 Å². The van der Waals surface area contributed by atoms with Crippen LogP contribution in [0.2, 0.25) is 0 Å². The number of nitro benzene ring substituents is 1. The van der Waals surface area contributed by atoms with Crippen LogP contribution >= 0.6 is 12.2 Å². The average Bonchev–Trinajstić information content (AvgIpc) is 2.56. The van der Waals surface area contributed by atoms with Crippen LogP contribution in [0.5, 0.6) is 5.75 Å². The molecule has 2 aromatic rings. The SMILES string of the molecule is Cc1ccc(C(=O)NC(=S)Nc2ccccc2OC(F)F)cc1[N+](=O)[O-]. The summed E-state index contributed by atoms with van der Waals surface area (Å²) in [5.74, 6) is -0.831. The first-order chi connectivity index (χ1) is 12.3. The molecule has 1 amide bonds. The minimum Gasteiger partial charge on any atom is -0.433 e. The van der Waals surface area contributed by atoms with E-state index in [-0.39, 0.29) is 27.8 Å². The van der Waals surface area contributed by atoms with Gasteiger partial charge in [-0.15, -0.1) is 0 Å². The molecule has 0 spiro atoms. The van der Waals surface area contributed by atoms with E-state index >= 15 is 0 Å². The summed E-state index contributed by atoms with van der Waals surface area (Å²) in [6.45, 7) is -1.47. The Labute approximate surface area is 152 Å². The van der Waals surface area contributed by atoms with Gasteiger partial charge in [0.15, 0.2) is 5.11 Å². The number of aryl methyl sites for hydroxylation is 1. The van der Waals surface area contributed by atoms with E-state index in [0.29, 0.717) is 5.56 Å². The van der Waals surface area contributed by atoms with Crippen LogP contribution in [-0.2, 0) is 0 Å². The van der Waals surface area contributed by atoms with E-state index in [9.17, 15) is 23.7 Å². The smallest absolute Gasteiger partial charge is 0.387 e. The van der Waals surface area contributed by atoms with Crippen LogP contribution in [0.1, 0.15) is 15.9 Å². The lowest BCUT2D eigenvalue weighted by Gasteiger charge is -2.13. The van der Waals surface area contributed by atoms with Crippen LogP contribution in [0.3, 0.4) is 0 Å². The molecule has 0 saturated carbocycles.